The zero-order valence-corrected chi connectivity index (χ0v) is 38.5. The number of aliphatic imine (C=N–C) groups is 1. The maximum Gasteiger partial charge on any atom is 3.00 e. The van der Waals surface area contributed by atoms with Gasteiger partial charge in [-0.25, -0.2) is 27.1 Å². The molecule has 318 valence electrons. The average molecular weight is 903 g/mol. The fraction of sp³-hybridized carbons (Fsp3) is 0.500. The van der Waals surface area contributed by atoms with E-state index in [4.69, 9.17) is 10.3 Å². The number of nitrogens with two attached hydrogens (primary N) is 2. The number of azo groups is 2. The van der Waals surface area contributed by atoms with Gasteiger partial charge in [-0.1, -0.05) is 96.8 Å². The first kappa shape index (κ1) is 56.7. The number of benzene rings is 2. The number of hydrogen-bond acceptors (Lipinski definition) is 15. The van der Waals surface area contributed by atoms with Crippen LogP contribution in [0.1, 0.15) is 92.9 Å². The Kier molecular flexibility index (Phi) is 27.5. The van der Waals surface area contributed by atoms with Crippen LogP contribution in [0.15, 0.2) is 94.6 Å². The first-order chi connectivity index (χ1) is 26.2. The number of carbonyl (C=O) groups excluding carboxylic acids is 1. The molecule has 2 rings (SSSR count). The van der Waals surface area contributed by atoms with E-state index in [1.54, 1.807) is 0 Å². The molecule has 2 aromatic carbocycles. The van der Waals surface area contributed by atoms with Gasteiger partial charge in [0.25, 0.3) is 5.91 Å². The van der Waals surface area contributed by atoms with Gasteiger partial charge < -0.3 is 30.8 Å². The van der Waals surface area contributed by atoms with Gasteiger partial charge in [0.2, 0.25) is 20.0 Å². The molecule has 2 atom stereocenters. The number of unbranched alkanes of at least 4 members (excludes halogenated alkanes) is 2. The minimum absolute atomic E-state index is 0. The summed E-state index contributed by atoms with van der Waals surface area (Å²) in [5, 5.41) is 84.5. The van der Waals surface area contributed by atoms with E-state index in [0.717, 1.165) is 94.7 Å². The van der Waals surface area contributed by atoms with E-state index in [2.05, 4.69) is 44.6 Å². The second-order valence-electron chi connectivity index (χ2n) is 12.8. The maximum atomic E-state index is 12.3. The summed E-state index contributed by atoms with van der Waals surface area (Å²) in [7, 11) is -8.07. The maximum absolute atomic E-state index is 12.3. The van der Waals surface area contributed by atoms with Gasteiger partial charge in [-0.2, -0.15) is 15.3 Å². The summed E-state index contributed by atoms with van der Waals surface area (Å²) in [5.74, 6) is -3.18. The van der Waals surface area contributed by atoms with E-state index >= 15 is 0 Å². The molecule has 6 N–H and O–H groups in total. The summed E-state index contributed by atoms with van der Waals surface area (Å²) in [6.07, 6.45) is 7.85. The Labute approximate surface area is 373 Å². The third kappa shape index (κ3) is 20.5. The number of aliphatic hydroxyl groups is 1. The number of sulfonamides is 2. The molecule has 0 fully saturated rings. The molecular formula is C36H52CoN8NaO10S2. The molecule has 0 aliphatic rings. The van der Waals surface area contributed by atoms with Crippen molar-refractivity contribution in [3.63, 3.8) is 0 Å². The number of nitrogens with one attached hydrogen (secondary N) is 1. The quantitative estimate of drug-likeness (QED) is 0.0359. The van der Waals surface area contributed by atoms with Gasteiger partial charge in [-0.3, -0.25) is 9.79 Å². The Balaban J connectivity index is 0. The van der Waals surface area contributed by atoms with Gasteiger partial charge in [0.15, 0.2) is 5.70 Å². The van der Waals surface area contributed by atoms with E-state index in [9.17, 15) is 47.2 Å². The van der Waals surface area contributed by atoms with Crippen molar-refractivity contribution in [3.8, 4) is 11.5 Å². The number of nitrogens with zero attached hydrogens (tertiary/aromatic N) is 5. The summed E-state index contributed by atoms with van der Waals surface area (Å²) in [6, 6.07) is 5.93. The van der Waals surface area contributed by atoms with Gasteiger partial charge in [0, 0.05) is 19.0 Å². The number of hydrogen-bond donors (Lipinski definition) is 4. The molecule has 0 saturated heterocycles. The topological polar surface area (TPSA) is 324 Å². The second kappa shape index (κ2) is 28.1. The molecule has 0 radical (unpaired) electrons. The molecule has 0 heterocycles. The third-order valence-electron chi connectivity index (χ3n) is 8.26. The van der Waals surface area contributed by atoms with Crippen LogP contribution in [-0.4, -0.2) is 46.8 Å². The summed E-state index contributed by atoms with van der Waals surface area (Å²) >= 11 is 0. The molecule has 0 bridgehead atoms. The monoisotopic (exact) mass is 902 g/mol. The van der Waals surface area contributed by atoms with Crippen LogP contribution < -0.4 is 65.6 Å². The van der Waals surface area contributed by atoms with Crippen molar-refractivity contribution in [2.24, 2.45) is 47.6 Å². The van der Waals surface area contributed by atoms with Crippen LogP contribution in [0, 0.1) is 11.8 Å². The largest absolute Gasteiger partial charge is 3.00 e. The van der Waals surface area contributed by atoms with Crippen LogP contribution in [0.25, 0.3) is 0 Å². The Bertz CT molecular complexity index is 2000. The van der Waals surface area contributed by atoms with Crippen LogP contribution in [0.4, 0.5) is 11.4 Å². The minimum atomic E-state index is -4.04. The van der Waals surface area contributed by atoms with Gasteiger partial charge in [0.1, 0.15) is 5.76 Å². The summed E-state index contributed by atoms with van der Waals surface area (Å²) in [6.45, 7) is 11.3. The SMILES string of the molecule is CCCCC(CC)CN=C([O-])C(N=Nc1cc(S(N)(=O)=O)ccc1[O-])=C(C)[O-].CCCCC(CC)CNC(=O)C(N=Nc1cc(S(N)(=O)=O)ccc1[O-])=C(C)O.[Co+3].[Na+]. The number of allylic oxidation sites excluding steroid dienone is 2. The molecule has 58 heavy (non-hydrogen) atoms. The van der Waals surface area contributed by atoms with Crippen molar-refractivity contribution < 1.29 is 93.5 Å². The minimum Gasteiger partial charge on any atom is -0.874 e. The Morgan fingerprint density at radius 1 is 0.776 bits per heavy atom. The standard InChI is InChI=1S/2C18H28N4O5S.Co.Na/c2*1-4-6-7-13(5-2)11-20-18(25)17(12(3)23)22-21-15-10-14(28(19,26)27)8-9-16(15)24;;/h2*8-10,13,23-24H,4-7,11H2,1-3H3,(H,20,25)(H2,19,26,27);;/q;;+3;+1/p-4. The summed E-state index contributed by atoms with van der Waals surface area (Å²) < 4.78 is 45.5. The zero-order chi connectivity index (χ0) is 42.6. The number of rotatable bonds is 20. The van der Waals surface area contributed by atoms with E-state index in [0.29, 0.717) is 12.5 Å². The third-order valence-corrected chi connectivity index (χ3v) is 10.1. The van der Waals surface area contributed by atoms with E-state index in [1.165, 1.54) is 6.92 Å². The number of primary sulfonamides is 2. The van der Waals surface area contributed by atoms with Crippen LogP contribution in [0.3, 0.4) is 0 Å². The number of aliphatic hydroxyl groups excluding tert-OH is 1. The molecule has 0 aliphatic carbocycles. The van der Waals surface area contributed by atoms with Crippen molar-refractivity contribution in [2.45, 2.75) is 103 Å². The van der Waals surface area contributed by atoms with Crippen LogP contribution in [-0.2, 0) is 41.6 Å². The summed E-state index contributed by atoms with van der Waals surface area (Å²) in [4.78, 5) is 15.6. The zero-order valence-electron chi connectivity index (χ0n) is 33.9. The van der Waals surface area contributed by atoms with E-state index < -0.39 is 54.8 Å². The molecule has 0 aromatic heterocycles. The van der Waals surface area contributed by atoms with Crippen LogP contribution in [0.2, 0.25) is 0 Å². The number of amides is 1. The van der Waals surface area contributed by atoms with Gasteiger partial charge in [-0.15, -0.1) is 10.9 Å². The van der Waals surface area contributed by atoms with Gasteiger partial charge >= 0.3 is 46.3 Å². The normalized spacial score (nSPS) is 14.0. The molecule has 18 nitrogen and oxygen atoms in total. The van der Waals surface area contributed by atoms with Gasteiger partial charge in [-0.05, 0) is 55.9 Å². The van der Waals surface area contributed by atoms with Crippen molar-refractivity contribution in [2.75, 3.05) is 13.1 Å². The first-order valence-electron chi connectivity index (χ1n) is 18.0. The fourth-order valence-electron chi connectivity index (χ4n) is 4.73. The van der Waals surface area contributed by atoms with Crippen molar-refractivity contribution in [1.82, 2.24) is 5.32 Å². The molecule has 2 unspecified atom stereocenters. The van der Waals surface area contributed by atoms with Crippen LogP contribution >= 0.6 is 0 Å². The predicted molar refractivity (Wildman–Crippen MR) is 204 cm³/mol. The molecule has 22 heteroatoms. The molecular weight excluding hydrogens is 850 g/mol. The Hall–Kier alpha value is -3.41. The summed E-state index contributed by atoms with van der Waals surface area (Å²) in [5.41, 5.74) is -1.54. The Morgan fingerprint density at radius 2 is 1.21 bits per heavy atom. The van der Waals surface area contributed by atoms with Gasteiger partial charge in [0.05, 0.1) is 26.9 Å². The predicted octanol–water partition coefficient (Wildman–Crippen LogP) is 0.673. The molecule has 1 amide bonds. The van der Waals surface area contributed by atoms with E-state index in [1.807, 2.05) is 13.8 Å². The smallest absolute Gasteiger partial charge is 0.874 e. The average Bonchev–Trinajstić information content (AvgIpc) is 3.12. The fourth-order valence-corrected chi connectivity index (χ4v) is 5.79. The van der Waals surface area contributed by atoms with Crippen molar-refractivity contribution in [3.05, 3.63) is 59.3 Å². The first-order valence-corrected chi connectivity index (χ1v) is 21.1. The molecule has 0 saturated carbocycles. The van der Waals surface area contributed by atoms with Crippen molar-refractivity contribution in [1.29, 1.82) is 0 Å². The molecule has 0 spiro atoms. The van der Waals surface area contributed by atoms with Crippen LogP contribution in [0.5, 0.6) is 11.5 Å². The Morgan fingerprint density at radius 3 is 1.59 bits per heavy atom. The van der Waals surface area contributed by atoms with E-state index in [-0.39, 0.29) is 91.4 Å². The molecule has 2 aromatic rings. The molecule has 0 aliphatic heterocycles. The van der Waals surface area contributed by atoms with Crippen molar-refractivity contribution >= 4 is 43.2 Å². The number of carbonyl (C=O) groups is 1. The second-order valence-corrected chi connectivity index (χ2v) is 15.9.